The quantitative estimate of drug-likeness (QED) is 0.224. The highest BCUT2D eigenvalue weighted by molar-refractivity contribution is 7.92. The number of carbonyl (C=O) groups excluding carboxylic acids is 1. The van der Waals surface area contributed by atoms with Gasteiger partial charge in [0.25, 0.3) is 10.0 Å². The molecule has 10 nitrogen and oxygen atoms in total. The Balaban J connectivity index is 1.46. The van der Waals surface area contributed by atoms with E-state index in [0.717, 1.165) is 10.4 Å². The number of aryl methyl sites for hydroxylation is 1. The van der Waals surface area contributed by atoms with E-state index in [1.165, 1.54) is 15.6 Å². The summed E-state index contributed by atoms with van der Waals surface area (Å²) in [6, 6.07) is 9.66. The number of nitrogens with one attached hydrogen (secondary N) is 1. The molecule has 1 aromatic carbocycles. The highest BCUT2D eigenvalue weighted by atomic mass is 35.5. The summed E-state index contributed by atoms with van der Waals surface area (Å²) in [6.45, 7) is 9.99. The number of hydrogen-bond acceptors (Lipinski definition) is 8. The Morgan fingerprint density at radius 1 is 1.16 bits per heavy atom. The topological polar surface area (TPSA) is 116 Å². The molecular formula is C32H38ClN5O5S2. The smallest absolute Gasteiger partial charge is 0.264 e. The fraction of sp³-hybridized carbons (Fsp3) is 0.469. The van der Waals surface area contributed by atoms with E-state index in [9.17, 15) is 13.2 Å². The normalized spacial score (nSPS) is 23.2. The minimum Gasteiger partial charge on any atom is -0.356 e. The molecule has 0 unspecified atom stereocenters. The number of hydrogen-bond donors (Lipinski definition) is 1. The molecule has 1 N–H and O–H groups in total. The van der Waals surface area contributed by atoms with Crippen molar-refractivity contribution in [1.82, 2.24) is 19.9 Å². The second-order valence-electron chi connectivity index (χ2n) is 12.1. The summed E-state index contributed by atoms with van der Waals surface area (Å²) < 4.78 is 45.0. The number of fused-ring (bicyclic) bond motifs is 2. The Kier molecular flexibility index (Phi) is 8.72. The summed E-state index contributed by atoms with van der Waals surface area (Å²) in [7, 11) is -4.04. The molecule has 1 aliphatic carbocycles. The van der Waals surface area contributed by atoms with Crippen LogP contribution in [0, 0.1) is 12.8 Å². The van der Waals surface area contributed by atoms with Gasteiger partial charge in [-0.05, 0) is 70.2 Å². The molecule has 1 saturated carbocycles. The van der Waals surface area contributed by atoms with Crippen molar-refractivity contribution in [2.45, 2.75) is 88.9 Å². The lowest BCUT2D eigenvalue weighted by molar-refractivity contribution is -0.163. The molecule has 2 aliphatic rings. The number of pyridine rings is 1. The lowest BCUT2D eigenvalue weighted by atomic mass is 10.0. The zero-order valence-corrected chi connectivity index (χ0v) is 28.3. The molecule has 3 aromatic heterocycles. The number of anilines is 1. The number of imidazole rings is 1. The van der Waals surface area contributed by atoms with Crippen LogP contribution in [0.2, 0.25) is 5.02 Å². The summed E-state index contributed by atoms with van der Waals surface area (Å²) in [5.41, 5.74) is 2.34. The SMILES string of the molecule is CCNC(=O)[C@H]1C[C@@H](n2cnc3c(N([C@H](CC)Cc4sccc4Cl)S(=O)(=O)c4ccc(C)cc4)ccnc32)[C@@H]2OC(C)(C)O[C@@H]21. The van der Waals surface area contributed by atoms with Gasteiger partial charge in [0, 0.05) is 24.0 Å². The van der Waals surface area contributed by atoms with Crippen LogP contribution in [0.5, 0.6) is 0 Å². The van der Waals surface area contributed by atoms with Gasteiger partial charge >= 0.3 is 0 Å². The maximum Gasteiger partial charge on any atom is 0.264 e. The number of sulfonamides is 1. The fourth-order valence-corrected chi connectivity index (χ4v) is 9.47. The van der Waals surface area contributed by atoms with Crippen LogP contribution < -0.4 is 9.62 Å². The summed E-state index contributed by atoms with van der Waals surface area (Å²) in [5.74, 6) is -1.35. The van der Waals surface area contributed by atoms with E-state index in [4.69, 9.17) is 26.1 Å². The van der Waals surface area contributed by atoms with Crippen molar-refractivity contribution >= 4 is 55.7 Å². The number of amides is 1. The van der Waals surface area contributed by atoms with Crippen LogP contribution in [0.1, 0.15) is 57.0 Å². The van der Waals surface area contributed by atoms with Crippen molar-refractivity contribution < 1.29 is 22.7 Å². The predicted molar refractivity (Wildman–Crippen MR) is 175 cm³/mol. The molecule has 6 rings (SSSR count). The largest absolute Gasteiger partial charge is 0.356 e. The number of rotatable bonds is 10. The van der Waals surface area contributed by atoms with Crippen molar-refractivity contribution in [3.63, 3.8) is 0 Å². The third-order valence-corrected chi connectivity index (χ3v) is 11.9. The molecule has 0 spiro atoms. The minimum absolute atomic E-state index is 0.0808. The molecule has 240 valence electrons. The number of ether oxygens (including phenoxy) is 2. The lowest BCUT2D eigenvalue weighted by Crippen LogP contribution is -2.41. The van der Waals surface area contributed by atoms with Crippen LogP contribution in [0.4, 0.5) is 5.69 Å². The minimum atomic E-state index is -4.04. The number of aromatic nitrogens is 3. The number of nitrogens with zero attached hydrogens (tertiary/aromatic N) is 4. The lowest BCUT2D eigenvalue weighted by Gasteiger charge is -2.32. The van der Waals surface area contributed by atoms with Gasteiger partial charge < -0.3 is 19.4 Å². The summed E-state index contributed by atoms with van der Waals surface area (Å²) in [5, 5.41) is 5.47. The summed E-state index contributed by atoms with van der Waals surface area (Å²) in [6.07, 6.45) is 3.87. The van der Waals surface area contributed by atoms with Gasteiger partial charge in [0.1, 0.15) is 17.7 Å². The third kappa shape index (κ3) is 5.87. The zero-order valence-electron chi connectivity index (χ0n) is 25.9. The molecule has 4 heterocycles. The Hall–Kier alpha value is -3.03. The number of carbonyl (C=O) groups is 1. The van der Waals surface area contributed by atoms with Gasteiger partial charge in [0.05, 0.1) is 39.9 Å². The maximum absolute atomic E-state index is 14.5. The van der Waals surface area contributed by atoms with Crippen LogP contribution in [-0.2, 0) is 30.7 Å². The van der Waals surface area contributed by atoms with E-state index in [1.807, 2.05) is 50.6 Å². The van der Waals surface area contributed by atoms with E-state index in [1.54, 1.807) is 42.9 Å². The van der Waals surface area contributed by atoms with E-state index in [-0.39, 0.29) is 16.8 Å². The Morgan fingerprint density at radius 2 is 1.89 bits per heavy atom. The zero-order chi connectivity index (χ0) is 32.1. The van der Waals surface area contributed by atoms with E-state index >= 15 is 0 Å². The Morgan fingerprint density at radius 3 is 2.56 bits per heavy atom. The van der Waals surface area contributed by atoms with Crippen molar-refractivity contribution in [3.05, 3.63) is 69.8 Å². The Bertz CT molecular complexity index is 1810. The fourth-order valence-electron chi connectivity index (χ4n) is 6.55. The Labute approximate surface area is 272 Å². The molecule has 1 saturated heterocycles. The molecule has 2 fully saturated rings. The van der Waals surface area contributed by atoms with E-state index < -0.39 is 40.0 Å². The molecule has 4 aromatic rings. The van der Waals surface area contributed by atoms with Gasteiger partial charge in [-0.25, -0.2) is 18.4 Å². The number of halogens is 1. The third-order valence-electron chi connectivity index (χ3n) is 8.65. The standard InChI is InChI=1S/C32H38ClN5O5S2/c1-6-20(16-26-23(33)13-15-44-26)38(45(40,41)21-10-8-19(3)9-11-21)24-12-14-35-30-27(24)36-18-37(30)25-17-22(31(39)34-7-2)28-29(25)43-32(4,5)42-28/h8-15,18,20,22,25,28-29H,6-7,16-17H2,1-5H3,(H,34,39)/t20-,22+,25-,28-,29+/m1/s1. The highest BCUT2D eigenvalue weighted by Crippen LogP contribution is 2.48. The highest BCUT2D eigenvalue weighted by Gasteiger charge is 2.57. The van der Waals surface area contributed by atoms with E-state index in [0.29, 0.717) is 47.7 Å². The summed E-state index contributed by atoms with van der Waals surface area (Å²) >= 11 is 8.00. The van der Waals surface area contributed by atoms with Crippen molar-refractivity contribution in [3.8, 4) is 0 Å². The first-order chi connectivity index (χ1) is 21.4. The van der Waals surface area contributed by atoms with Gasteiger partial charge in [-0.3, -0.25) is 9.10 Å². The number of benzene rings is 1. The van der Waals surface area contributed by atoms with Crippen molar-refractivity contribution in [1.29, 1.82) is 0 Å². The second kappa shape index (κ2) is 12.3. The molecule has 1 amide bonds. The second-order valence-corrected chi connectivity index (χ2v) is 15.3. The first kappa shape index (κ1) is 31.9. The van der Waals surface area contributed by atoms with Crippen LogP contribution in [0.15, 0.2) is 59.2 Å². The number of thiophene rings is 1. The average molecular weight is 672 g/mol. The predicted octanol–water partition coefficient (Wildman–Crippen LogP) is 5.89. The average Bonchev–Trinajstić information content (AvgIpc) is 3.76. The van der Waals surface area contributed by atoms with Crippen LogP contribution in [0.3, 0.4) is 0 Å². The van der Waals surface area contributed by atoms with E-state index in [2.05, 4.69) is 10.3 Å². The first-order valence-corrected chi connectivity index (χ1v) is 17.9. The maximum atomic E-state index is 14.5. The molecule has 1 aliphatic heterocycles. The van der Waals surface area contributed by atoms with Gasteiger partial charge in [-0.15, -0.1) is 11.3 Å². The molecule has 13 heteroatoms. The monoisotopic (exact) mass is 671 g/mol. The molecule has 45 heavy (non-hydrogen) atoms. The van der Waals surface area contributed by atoms with Gasteiger partial charge in [-0.2, -0.15) is 0 Å². The van der Waals surface area contributed by atoms with Crippen LogP contribution in [0.25, 0.3) is 11.2 Å². The molecular weight excluding hydrogens is 634 g/mol. The molecule has 5 atom stereocenters. The van der Waals surface area contributed by atoms with Crippen LogP contribution in [-0.4, -0.2) is 59.4 Å². The summed E-state index contributed by atoms with van der Waals surface area (Å²) in [4.78, 5) is 23.6. The molecule has 0 radical (unpaired) electrons. The van der Waals surface area contributed by atoms with Gasteiger partial charge in [0.2, 0.25) is 5.91 Å². The van der Waals surface area contributed by atoms with Gasteiger partial charge in [0.15, 0.2) is 11.4 Å². The van der Waals surface area contributed by atoms with Crippen molar-refractivity contribution in [2.75, 3.05) is 10.8 Å². The molecule has 0 bridgehead atoms. The first-order valence-electron chi connectivity index (χ1n) is 15.2. The van der Waals surface area contributed by atoms with Crippen LogP contribution >= 0.6 is 22.9 Å². The van der Waals surface area contributed by atoms with Gasteiger partial charge in [-0.1, -0.05) is 36.2 Å². The van der Waals surface area contributed by atoms with Crippen molar-refractivity contribution in [2.24, 2.45) is 5.92 Å².